The monoisotopic (exact) mass is 278 g/mol. The predicted molar refractivity (Wildman–Crippen MR) is 71.1 cm³/mol. The Kier molecular flexibility index (Phi) is 4.46. The lowest BCUT2D eigenvalue weighted by Gasteiger charge is -2.08. The van der Waals surface area contributed by atoms with E-state index in [1.807, 2.05) is 11.5 Å². The molecule has 0 aliphatic rings. The molecule has 0 bridgehead atoms. The number of hydrogen-bond donors (Lipinski definition) is 1. The fraction of sp³-hybridized carbons (Fsp3) is 0.500. The van der Waals surface area contributed by atoms with Crippen molar-refractivity contribution < 1.29 is 9.53 Å². The van der Waals surface area contributed by atoms with Crippen molar-refractivity contribution in [1.82, 2.24) is 24.5 Å². The third kappa shape index (κ3) is 2.69. The van der Waals surface area contributed by atoms with Gasteiger partial charge in [-0.2, -0.15) is 0 Å². The SMILES string of the molecule is CCn1cncc1Cn1nnc(C(=O)OC)c1CCN. The maximum atomic E-state index is 11.7. The van der Waals surface area contributed by atoms with Crippen molar-refractivity contribution in [3.8, 4) is 0 Å². The minimum atomic E-state index is -0.497. The first-order valence-corrected chi connectivity index (χ1v) is 6.41. The van der Waals surface area contributed by atoms with Gasteiger partial charge in [0, 0.05) is 13.0 Å². The summed E-state index contributed by atoms with van der Waals surface area (Å²) in [5.74, 6) is -0.497. The molecule has 2 N–H and O–H groups in total. The van der Waals surface area contributed by atoms with E-state index in [2.05, 4.69) is 15.3 Å². The molecule has 0 fully saturated rings. The van der Waals surface area contributed by atoms with Crippen molar-refractivity contribution in [3.05, 3.63) is 29.6 Å². The van der Waals surface area contributed by atoms with Crippen molar-refractivity contribution in [2.45, 2.75) is 26.4 Å². The third-order valence-corrected chi connectivity index (χ3v) is 3.05. The molecule has 0 amide bonds. The van der Waals surface area contributed by atoms with Crippen LogP contribution in [0.25, 0.3) is 0 Å². The molecular formula is C12H18N6O2. The molecule has 0 aliphatic carbocycles. The second-order valence-corrected chi connectivity index (χ2v) is 4.24. The maximum absolute atomic E-state index is 11.7. The Balaban J connectivity index is 2.32. The van der Waals surface area contributed by atoms with Gasteiger partial charge in [0.15, 0.2) is 5.69 Å². The van der Waals surface area contributed by atoms with Crippen molar-refractivity contribution in [3.63, 3.8) is 0 Å². The molecular weight excluding hydrogens is 260 g/mol. The molecule has 108 valence electrons. The van der Waals surface area contributed by atoms with Gasteiger partial charge in [0.05, 0.1) is 37.6 Å². The number of nitrogens with zero attached hydrogens (tertiary/aromatic N) is 5. The smallest absolute Gasteiger partial charge is 0.360 e. The highest BCUT2D eigenvalue weighted by atomic mass is 16.5. The zero-order chi connectivity index (χ0) is 14.5. The summed E-state index contributed by atoms with van der Waals surface area (Å²) in [6.45, 7) is 3.75. The standard InChI is InChI=1S/C12H18N6O2/c1-3-17-8-14-6-9(17)7-18-10(4-5-13)11(15-16-18)12(19)20-2/h6,8H,3-5,7,13H2,1-2H3. The van der Waals surface area contributed by atoms with Gasteiger partial charge in [-0.3, -0.25) is 0 Å². The third-order valence-electron chi connectivity index (χ3n) is 3.05. The van der Waals surface area contributed by atoms with Crippen LogP contribution in [0.3, 0.4) is 0 Å². The van der Waals surface area contributed by atoms with Crippen molar-refractivity contribution in [2.24, 2.45) is 5.73 Å². The number of esters is 1. The minimum absolute atomic E-state index is 0.223. The van der Waals surface area contributed by atoms with Crippen LogP contribution in [0.15, 0.2) is 12.5 Å². The first-order valence-electron chi connectivity index (χ1n) is 6.41. The number of methoxy groups -OCH3 is 1. The Hall–Kier alpha value is -2.22. The second kappa shape index (κ2) is 6.29. The average molecular weight is 278 g/mol. The fourth-order valence-corrected chi connectivity index (χ4v) is 2.02. The summed E-state index contributed by atoms with van der Waals surface area (Å²) in [5.41, 5.74) is 7.49. The number of carbonyl (C=O) groups excluding carboxylic acids is 1. The first kappa shape index (κ1) is 14.2. The zero-order valence-electron chi connectivity index (χ0n) is 11.6. The molecule has 8 heteroatoms. The Labute approximate surface area is 116 Å². The quantitative estimate of drug-likeness (QED) is 0.736. The van der Waals surface area contributed by atoms with E-state index in [1.54, 1.807) is 17.2 Å². The average Bonchev–Trinajstić information content (AvgIpc) is 3.06. The van der Waals surface area contributed by atoms with E-state index in [4.69, 9.17) is 10.5 Å². The molecule has 20 heavy (non-hydrogen) atoms. The summed E-state index contributed by atoms with van der Waals surface area (Å²) < 4.78 is 8.38. The molecule has 0 atom stereocenters. The molecule has 2 rings (SSSR count). The Morgan fingerprint density at radius 1 is 1.50 bits per heavy atom. The summed E-state index contributed by atoms with van der Waals surface area (Å²) >= 11 is 0. The molecule has 0 aromatic carbocycles. The molecule has 0 saturated heterocycles. The Morgan fingerprint density at radius 2 is 2.30 bits per heavy atom. The Bertz CT molecular complexity index is 589. The van der Waals surface area contributed by atoms with Crippen LogP contribution in [0.5, 0.6) is 0 Å². The number of ether oxygens (including phenoxy) is 1. The van der Waals surface area contributed by atoms with Gasteiger partial charge in [0.1, 0.15) is 0 Å². The number of imidazole rings is 1. The molecule has 2 heterocycles. The lowest BCUT2D eigenvalue weighted by atomic mass is 10.2. The molecule has 0 radical (unpaired) electrons. The Morgan fingerprint density at radius 3 is 2.95 bits per heavy atom. The van der Waals surface area contributed by atoms with E-state index in [-0.39, 0.29) is 5.69 Å². The van der Waals surface area contributed by atoms with Gasteiger partial charge >= 0.3 is 5.97 Å². The zero-order valence-corrected chi connectivity index (χ0v) is 11.6. The summed E-state index contributed by atoms with van der Waals surface area (Å²) in [4.78, 5) is 15.8. The lowest BCUT2D eigenvalue weighted by Crippen LogP contribution is -2.16. The minimum Gasteiger partial charge on any atom is -0.464 e. The number of aryl methyl sites for hydroxylation is 1. The van der Waals surface area contributed by atoms with E-state index < -0.39 is 5.97 Å². The van der Waals surface area contributed by atoms with E-state index in [9.17, 15) is 4.79 Å². The first-order chi connectivity index (χ1) is 9.71. The normalized spacial score (nSPS) is 10.8. The fourth-order valence-electron chi connectivity index (χ4n) is 2.02. The summed E-state index contributed by atoms with van der Waals surface area (Å²) in [6.07, 6.45) is 4.04. The van der Waals surface area contributed by atoms with Crippen LogP contribution in [-0.4, -0.2) is 44.2 Å². The van der Waals surface area contributed by atoms with E-state index in [0.29, 0.717) is 25.2 Å². The maximum Gasteiger partial charge on any atom is 0.360 e. The summed E-state index contributed by atoms with van der Waals surface area (Å²) in [6, 6.07) is 0. The second-order valence-electron chi connectivity index (χ2n) is 4.24. The highest BCUT2D eigenvalue weighted by Gasteiger charge is 2.20. The molecule has 0 unspecified atom stereocenters. The van der Waals surface area contributed by atoms with Gasteiger partial charge in [-0.05, 0) is 13.5 Å². The number of nitrogens with two attached hydrogens (primary N) is 1. The van der Waals surface area contributed by atoms with Gasteiger partial charge < -0.3 is 15.0 Å². The highest BCUT2D eigenvalue weighted by molar-refractivity contribution is 5.88. The number of aromatic nitrogens is 5. The van der Waals surface area contributed by atoms with Gasteiger partial charge in [-0.15, -0.1) is 5.10 Å². The molecule has 0 saturated carbocycles. The van der Waals surface area contributed by atoms with Crippen molar-refractivity contribution >= 4 is 5.97 Å². The van der Waals surface area contributed by atoms with Gasteiger partial charge in [0.25, 0.3) is 0 Å². The number of hydrogen-bond acceptors (Lipinski definition) is 6. The predicted octanol–water partition coefficient (Wildman–Crippen LogP) is -0.169. The van der Waals surface area contributed by atoms with Crippen LogP contribution >= 0.6 is 0 Å². The van der Waals surface area contributed by atoms with Gasteiger partial charge in [-0.25, -0.2) is 14.5 Å². The van der Waals surface area contributed by atoms with Crippen LogP contribution in [0.2, 0.25) is 0 Å². The lowest BCUT2D eigenvalue weighted by molar-refractivity contribution is 0.0592. The van der Waals surface area contributed by atoms with Crippen LogP contribution in [0.4, 0.5) is 0 Å². The van der Waals surface area contributed by atoms with Crippen LogP contribution in [-0.2, 0) is 24.2 Å². The highest BCUT2D eigenvalue weighted by Crippen LogP contribution is 2.10. The molecule has 2 aromatic rings. The molecule has 0 aliphatic heterocycles. The van der Waals surface area contributed by atoms with Crippen LogP contribution in [0.1, 0.15) is 28.8 Å². The summed E-state index contributed by atoms with van der Waals surface area (Å²) in [5, 5.41) is 7.92. The number of rotatable bonds is 6. The van der Waals surface area contributed by atoms with Crippen molar-refractivity contribution in [1.29, 1.82) is 0 Å². The molecule has 2 aromatic heterocycles. The largest absolute Gasteiger partial charge is 0.464 e. The van der Waals surface area contributed by atoms with E-state index in [1.165, 1.54) is 7.11 Å². The van der Waals surface area contributed by atoms with E-state index in [0.717, 1.165) is 12.2 Å². The van der Waals surface area contributed by atoms with Crippen LogP contribution < -0.4 is 5.73 Å². The van der Waals surface area contributed by atoms with E-state index >= 15 is 0 Å². The van der Waals surface area contributed by atoms with Gasteiger partial charge in [0.2, 0.25) is 0 Å². The topological polar surface area (TPSA) is 101 Å². The summed E-state index contributed by atoms with van der Waals surface area (Å²) in [7, 11) is 1.32. The number of carbonyl (C=O) groups is 1. The molecule has 8 nitrogen and oxygen atoms in total. The van der Waals surface area contributed by atoms with Crippen molar-refractivity contribution in [2.75, 3.05) is 13.7 Å². The van der Waals surface area contributed by atoms with Crippen LogP contribution in [0, 0.1) is 0 Å². The van der Waals surface area contributed by atoms with Gasteiger partial charge in [-0.1, -0.05) is 5.21 Å². The molecule has 0 spiro atoms.